The maximum Gasteiger partial charge on any atom is 0.231 e. The zero-order chi connectivity index (χ0) is 20.8. The summed E-state index contributed by atoms with van der Waals surface area (Å²) in [7, 11) is 0. The van der Waals surface area contributed by atoms with Crippen LogP contribution in [0.5, 0.6) is 0 Å². The summed E-state index contributed by atoms with van der Waals surface area (Å²) in [6.45, 7) is 4.01. The largest absolute Gasteiger partial charge is 0.318 e. The van der Waals surface area contributed by atoms with Crippen molar-refractivity contribution in [2.75, 3.05) is 5.75 Å². The zero-order valence-corrected chi connectivity index (χ0v) is 18.8. The Labute approximate surface area is 185 Å². The maximum atomic E-state index is 13.0. The van der Waals surface area contributed by atoms with Crippen LogP contribution in [0, 0.1) is 13.8 Å². The van der Waals surface area contributed by atoms with E-state index in [1.165, 1.54) is 11.8 Å². The molecule has 0 radical (unpaired) electrons. The third kappa shape index (κ3) is 3.16. The van der Waals surface area contributed by atoms with Crippen LogP contribution in [0.4, 0.5) is 0 Å². The van der Waals surface area contributed by atoms with E-state index in [4.69, 9.17) is 0 Å². The van der Waals surface area contributed by atoms with Crippen molar-refractivity contribution in [2.45, 2.75) is 19.0 Å². The Kier molecular flexibility index (Phi) is 4.75. The van der Waals surface area contributed by atoms with Gasteiger partial charge in [-0.15, -0.1) is 5.10 Å². The van der Waals surface area contributed by atoms with Gasteiger partial charge >= 0.3 is 0 Å². The molecular formula is C22H18BrN5OS. The summed E-state index contributed by atoms with van der Waals surface area (Å²) < 4.78 is 5.09. The molecule has 3 heterocycles. The molecule has 3 aromatic heterocycles. The first kappa shape index (κ1) is 19.1. The standard InChI is InChI=1S/C22H18BrN5OS/c1-13-11-17(14(2)27(13)16-9-7-15(23)8-10-16)20(29)12-30-22-26-25-21-24-18-5-3-4-6-19(18)28(21)22/h3-11H,12H2,1-2H3,(H,24,25). The van der Waals surface area contributed by atoms with Crippen LogP contribution in [0.25, 0.3) is 22.5 Å². The van der Waals surface area contributed by atoms with Crippen LogP contribution in [0.15, 0.2) is 64.2 Å². The van der Waals surface area contributed by atoms with Gasteiger partial charge in [0, 0.05) is 27.1 Å². The highest BCUT2D eigenvalue weighted by Gasteiger charge is 2.19. The Morgan fingerprint density at radius 3 is 2.70 bits per heavy atom. The van der Waals surface area contributed by atoms with Crippen molar-refractivity contribution in [1.82, 2.24) is 24.1 Å². The van der Waals surface area contributed by atoms with Crippen molar-refractivity contribution in [1.29, 1.82) is 0 Å². The Morgan fingerprint density at radius 2 is 1.90 bits per heavy atom. The fourth-order valence-electron chi connectivity index (χ4n) is 3.78. The van der Waals surface area contributed by atoms with Gasteiger partial charge in [0.05, 0.1) is 16.8 Å². The zero-order valence-electron chi connectivity index (χ0n) is 16.4. The average molecular weight is 480 g/mol. The number of Topliss-reactive ketones (excluding diaryl/α,β-unsaturated/α-hetero) is 1. The van der Waals surface area contributed by atoms with Crippen LogP contribution in [-0.2, 0) is 0 Å². The minimum atomic E-state index is 0.0806. The monoisotopic (exact) mass is 479 g/mol. The predicted molar refractivity (Wildman–Crippen MR) is 123 cm³/mol. The number of para-hydroxylation sites is 2. The van der Waals surface area contributed by atoms with Crippen LogP contribution in [0.2, 0.25) is 0 Å². The molecule has 0 amide bonds. The molecule has 6 nitrogen and oxygen atoms in total. The lowest BCUT2D eigenvalue weighted by Gasteiger charge is -2.10. The van der Waals surface area contributed by atoms with Crippen LogP contribution in [0.1, 0.15) is 21.7 Å². The van der Waals surface area contributed by atoms with Crippen LogP contribution >= 0.6 is 27.7 Å². The quantitative estimate of drug-likeness (QED) is 0.272. The molecule has 0 bridgehead atoms. The number of imidazole rings is 1. The second kappa shape index (κ2) is 7.45. The van der Waals surface area contributed by atoms with E-state index in [-0.39, 0.29) is 5.78 Å². The maximum absolute atomic E-state index is 13.0. The van der Waals surface area contributed by atoms with E-state index in [2.05, 4.69) is 35.7 Å². The normalized spacial score (nSPS) is 11.6. The molecule has 0 fully saturated rings. The lowest BCUT2D eigenvalue weighted by atomic mass is 10.2. The van der Waals surface area contributed by atoms with Gasteiger partial charge in [-0.05, 0) is 56.3 Å². The smallest absolute Gasteiger partial charge is 0.231 e. The lowest BCUT2D eigenvalue weighted by molar-refractivity contribution is 0.102. The molecule has 0 aliphatic carbocycles. The van der Waals surface area contributed by atoms with E-state index in [9.17, 15) is 4.79 Å². The molecule has 0 saturated carbocycles. The summed E-state index contributed by atoms with van der Waals surface area (Å²) in [5.74, 6) is 1.06. The van der Waals surface area contributed by atoms with Crippen molar-refractivity contribution in [3.8, 4) is 5.69 Å². The highest BCUT2D eigenvalue weighted by atomic mass is 79.9. The number of thioether (sulfide) groups is 1. The van der Waals surface area contributed by atoms with Crippen LogP contribution < -0.4 is 0 Å². The van der Waals surface area contributed by atoms with Crippen molar-refractivity contribution in [3.05, 3.63) is 76.0 Å². The number of ketones is 1. The number of halogens is 1. The molecule has 0 aliphatic rings. The summed E-state index contributed by atoms with van der Waals surface area (Å²) in [6, 6.07) is 17.9. The fourth-order valence-corrected chi connectivity index (χ4v) is 4.88. The van der Waals surface area contributed by atoms with Crippen LogP contribution in [-0.4, -0.2) is 35.7 Å². The second-order valence-electron chi connectivity index (χ2n) is 7.07. The molecule has 5 rings (SSSR count). The van der Waals surface area contributed by atoms with E-state index < -0.39 is 0 Å². The van der Waals surface area contributed by atoms with Crippen molar-refractivity contribution < 1.29 is 4.79 Å². The Hall–Kier alpha value is -2.84. The lowest BCUT2D eigenvalue weighted by Crippen LogP contribution is -2.06. The second-order valence-corrected chi connectivity index (χ2v) is 8.93. The topological polar surface area (TPSA) is 68.0 Å². The SMILES string of the molecule is Cc1cc(C(=O)CSc2n[nH]c3nc4ccccc4n23)c(C)n1-c1ccc(Br)cc1. The Bertz CT molecular complexity index is 1400. The minimum absolute atomic E-state index is 0.0806. The third-order valence-electron chi connectivity index (χ3n) is 5.15. The van der Waals surface area contributed by atoms with E-state index in [0.717, 1.165) is 43.3 Å². The predicted octanol–water partition coefficient (Wildman–Crippen LogP) is 5.36. The first-order valence-electron chi connectivity index (χ1n) is 9.45. The molecule has 1 N–H and O–H groups in total. The molecule has 5 aromatic rings. The van der Waals surface area contributed by atoms with Gasteiger partial charge in [0.15, 0.2) is 10.9 Å². The molecule has 0 spiro atoms. The third-order valence-corrected chi connectivity index (χ3v) is 6.62. The molecule has 30 heavy (non-hydrogen) atoms. The molecule has 0 saturated heterocycles. The van der Waals surface area contributed by atoms with Gasteiger partial charge in [-0.1, -0.05) is 39.8 Å². The van der Waals surface area contributed by atoms with Crippen molar-refractivity contribution in [3.63, 3.8) is 0 Å². The van der Waals surface area contributed by atoms with Gasteiger partial charge in [-0.3, -0.25) is 9.20 Å². The van der Waals surface area contributed by atoms with Gasteiger partial charge in [0.2, 0.25) is 5.78 Å². The number of aromatic nitrogens is 5. The highest BCUT2D eigenvalue weighted by molar-refractivity contribution is 9.10. The number of carbonyl (C=O) groups is 1. The number of aromatic amines is 1. The van der Waals surface area contributed by atoms with Gasteiger partial charge < -0.3 is 4.57 Å². The summed E-state index contributed by atoms with van der Waals surface area (Å²) in [4.78, 5) is 17.6. The van der Waals surface area contributed by atoms with E-state index in [1.807, 2.05) is 72.8 Å². The summed E-state index contributed by atoms with van der Waals surface area (Å²) in [5, 5.41) is 8.03. The molecule has 2 aromatic carbocycles. The molecule has 150 valence electrons. The summed E-state index contributed by atoms with van der Waals surface area (Å²) in [6.07, 6.45) is 0. The number of rotatable bonds is 5. The number of aryl methyl sites for hydroxylation is 1. The number of hydrogen-bond acceptors (Lipinski definition) is 4. The number of nitrogens with zero attached hydrogens (tertiary/aromatic N) is 4. The first-order chi connectivity index (χ1) is 14.5. The van der Waals surface area contributed by atoms with E-state index in [0.29, 0.717) is 11.5 Å². The highest BCUT2D eigenvalue weighted by Crippen LogP contribution is 2.26. The number of H-pyrrole nitrogens is 1. The van der Waals surface area contributed by atoms with E-state index >= 15 is 0 Å². The number of hydrogen-bond donors (Lipinski definition) is 1. The number of fused-ring (bicyclic) bond motifs is 3. The van der Waals surface area contributed by atoms with Gasteiger partial charge in [-0.25, -0.2) is 10.1 Å². The number of carbonyl (C=O) groups excluding carboxylic acids is 1. The van der Waals surface area contributed by atoms with Gasteiger partial charge in [0.25, 0.3) is 0 Å². The number of nitrogens with one attached hydrogen (secondary N) is 1. The van der Waals surface area contributed by atoms with Gasteiger partial charge in [0.1, 0.15) is 0 Å². The molecule has 0 unspecified atom stereocenters. The molecule has 0 atom stereocenters. The van der Waals surface area contributed by atoms with Crippen molar-refractivity contribution in [2.24, 2.45) is 0 Å². The molecule has 0 aliphatic heterocycles. The van der Waals surface area contributed by atoms with Gasteiger partial charge in [-0.2, -0.15) is 0 Å². The van der Waals surface area contributed by atoms with E-state index in [1.54, 1.807) is 0 Å². The average Bonchev–Trinajstić information content (AvgIpc) is 3.39. The molecular weight excluding hydrogens is 462 g/mol. The minimum Gasteiger partial charge on any atom is -0.318 e. The fraction of sp³-hybridized carbons (Fsp3) is 0.136. The summed E-state index contributed by atoms with van der Waals surface area (Å²) >= 11 is 4.89. The number of benzene rings is 2. The Balaban J connectivity index is 1.42. The first-order valence-corrected chi connectivity index (χ1v) is 11.2. The Morgan fingerprint density at radius 1 is 1.13 bits per heavy atom. The molecule has 8 heteroatoms. The van der Waals surface area contributed by atoms with Crippen LogP contribution in [0.3, 0.4) is 0 Å². The van der Waals surface area contributed by atoms with Crippen molar-refractivity contribution >= 4 is 50.3 Å². The summed E-state index contributed by atoms with van der Waals surface area (Å²) in [5.41, 5.74) is 5.64.